The van der Waals surface area contributed by atoms with Gasteiger partial charge in [-0.1, -0.05) is 11.6 Å². The second-order valence-corrected chi connectivity index (χ2v) is 4.73. The normalized spacial score (nSPS) is 21.8. The van der Waals surface area contributed by atoms with Gasteiger partial charge >= 0.3 is 6.09 Å². The van der Waals surface area contributed by atoms with Gasteiger partial charge < -0.3 is 4.74 Å². The molecule has 94 valence electrons. The number of fused-ring (bicyclic) bond motifs is 1. The third kappa shape index (κ3) is 1.58. The standard InChI is InChI=1S/C12H9ClFNO3/c13-9-7(14)4-5-2-1-3-6(5)8(9)10-11(16)15-12(17)18-10/h4,10H,1-3H2,(H,15,16,17). The molecule has 2 amide bonds. The molecule has 3 rings (SSSR count). The third-order valence-corrected chi connectivity index (χ3v) is 3.67. The molecule has 1 N–H and O–H groups in total. The van der Waals surface area contributed by atoms with Crippen LogP contribution in [-0.4, -0.2) is 12.0 Å². The molecule has 18 heavy (non-hydrogen) atoms. The zero-order valence-electron chi connectivity index (χ0n) is 9.26. The molecule has 1 aliphatic heterocycles. The van der Waals surface area contributed by atoms with Crippen LogP contribution >= 0.6 is 11.6 Å². The summed E-state index contributed by atoms with van der Waals surface area (Å²) in [6.45, 7) is 0. The number of amides is 2. The van der Waals surface area contributed by atoms with Crippen LogP contribution in [0.5, 0.6) is 0 Å². The van der Waals surface area contributed by atoms with Crippen molar-refractivity contribution in [2.75, 3.05) is 0 Å². The van der Waals surface area contributed by atoms with E-state index in [0.29, 0.717) is 12.0 Å². The number of cyclic esters (lactones) is 1. The van der Waals surface area contributed by atoms with Crippen LogP contribution in [0.3, 0.4) is 0 Å². The van der Waals surface area contributed by atoms with Crippen molar-refractivity contribution in [1.29, 1.82) is 0 Å². The van der Waals surface area contributed by atoms with Crippen molar-refractivity contribution in [3.8, 4) is 0 Å². The number of hydrogen-bond donors (Lipinski definition) is 1. The summed E-state index contributed by atoms with van der Waals surface area (Å²) in [6.07, 6.45) is 0.388. The largest absolute Gasteiger partial charge is 0.431 e. The molecule has 1 aliphatic carbocycles. The molecule has 2 aliphatic rings. The lowest BCUT2D eigenvalue weighted by Crippen LogP contribution is -2.21. The fourth-order valence-corrected chi connectivity index (χ4v) is 2.80. The molecular formula is C12H9ClFNO3. The summed E-state index contributed by atoms with van der Waals surface area (Å²) >= 11 is 5.92. The number of benzene rings is 1. The first-order chi connectivity index (χ1) is 8.58. The molecule has 6 heteroatoms. The van der Waals surface area contributed by atoms with Crippen LogP contribution in [0, 0.1) is 5.82 Å². The highest BCUT2D eigenvalue weighted by atomic mass is 35.5. The Morgan fingerprint density at radius 1 is 1.39 bits per heavy atom. The van der Waals surface area contributed by atoms with Crippen LogP contribution in [0.25, 0.3) is 0 Å². The topological polar surface area (TPSA) is 55.4 Å². The van der Waals surface area contributed by atoms with Gasteiger partial charge in [0.05, 0.1) is 5.02 Å². The molecule has 0 aromatic heterocycles. The van der Waals surface area contributed by atoms with Crippen molar-refractivity contribution in [3.05, 3.63) is 33.6 Å². The number of aryl methyl sites for hydroxylation is 1. The van der Waals surface area contributed by atoms with Gasteiger partial charge in [0.1, 0.15) is 5.82 Å². The Morgan fingerprint density at radius 3 is 2.83 bits per heavy atom. The minimum atomic E-state index is -1.13. The van der Waals surface area contributed by atoms with E-state index in [1.54, 1.807) is 0 Å². The summed E-state index contributed by atoms with van der Waals surface area (Å²) < 4.78 is 18.6. The lowest BCUT2D eigenvalue weighted by atomic mass is 9.98. The van der Waals surface area contributed by atoms with Gasteiger partial charge in [-0.05, 0) is 36.5 Å². The van der Waals surface area contributed by atoms with E-state index in [1.165, 1.54) is 6.07 Å². The van der Waals surface area contributed by atoms with Gasteiger partial charge in [-0.3, -0.25) is 10.1 Å². The van der Waals surface area contributed by atoms with Crippen molar-refractivity contribution >= 4 is 23.6 Å². The smallest absolute Gasteiger partial charge is 0.415 e. The van der Waals surface area contributed by atoms with Gasteiger partial charge in [0.15, 0.2) is 0 Å². The Balaban J connectivity index is 2.17. The number of hydrogen-bond acceptors (Lipinski definition) is 3. The van der Waals surface area contributed by atoms with Crippen LogP contribution < -0.4 is 5.32 Å². The molecule has 1 aromatic rings. The van der Waals surface area contributed by atoms with E-state index >= 15 is 0 Å². The van der Waals surface area contributed by atoms with Crippen LogP contribution in [0.15, 0.2) is 6.07 Å². The molecule has 1 atom stereocenters. The molecule has 1 saturated heterocycles. The van der Waals surface area contributed by atoms with Gasteiger partial charge in [-0.2, -0.15) is 0 Å². The Labute approximate surface area is 107 Å². The van der Waals surface area contributed by atoms with Gasteiger partial charge in [0, 0.05) is 5.56 Å². The molecule has 0 saturated carbocycles. The minimum absolute atomic E-state index is 0.134. The van der Waals surface area contributed by atoms with Gasteiger partial charge in [0.2, 0.25) is 6.10 Å². The molecule has 0 radical (unpaired) electrons. The van der Waals surface area contributed by atoms with E-state index in [4.69, 9.17) is 16.3 Å². The van der Waals surface area contributed by atoms with Crippen LogP contribution in [-0.2, 0) is 22.4 Å². The molecule has 1 aromatic carbocycles. The summed E-state index contributed by atoms with van der Waals surface area (Å²) in [6, 6.07) is 1.39. The predicted octanol–water partition coefficient (Wildman–Crippen LogP) is 2.28. The highest BCUT2D eigenvalue weighted by Gasteiger charge is 2.38. The van der Waals surface area contributed by atoms with Crippen LogP contribution in [0.1, 0.15) is 29.2 Å². The fourth-order valence-electron chi connectivity index (χ4n) is 2.53. The summed E-state index contributed by atoms with van der Waals surface area (Å²) in [5.41, 5.74) is 1.96. The molecular weight excluding hydrogens is 261 g/mol. The van der Waals surface area contributed by atoms with E-state index in [0.717, 1.165) is 24.0 Å². The molecule has 1 unspecified atom stereocenters. The maximum Gasteiger partial charge on any atom is 0.415 e. The second-order valence-electron chi connectivity index (χ2n) is 4.35. The molecule has 1 fully saturated rings. The third-order valence-electron chi connectivity index (χ3n) is 3.28. The minimum Gasteiger partial charge on any atom is -0.431 e. The van der Waals surface area contributed by atoms with Crippen molar-refractivity contribution in [1.82, 2.24) is 5.32 Å². The van der Waals surface area contributed by atoms with Crippen LogP contribution in [0.4, 0.5) is 9.18 Å². The monoisotopic (exact) mass is 269 g/mol. The number of halogens is 2. The van der Waals surface area contributed by atoms with E-state index < -0.39 is 23.9 Å². The van der Waals surface area contributed by atoms with E-state index in [9.17, 15) is 14.0 Å². The molecule has 0 spiro atoms. The van der Waals surface area contributed by atoms with Gasteiger partial charge in [-0.15, -0.1) is 0 Å². The summed E-state index contributed by atoms with van der Waals surface area (Å²) in [7, 11) is 0. The number of nitrogens with one attached hydrogen (secondary N) is 1. The van der Waals surface area contributed by atoms with Gasteiger partial charge in [-0.25, -0.2) is 9.18 Å². The number of carbonyl (C=O) groups excluding carboxylic acids is 2. The highest BCUT2D eigenvalue weighted by Crippen LogP contribution is 2.38. The lowest BCUT2D eigenvalue weighted by molar-refractivity contribution is -0.123. The first-order valence-corrected chi connectivity index (χ1v) is 5.97. The Bertz CT molecular complexity index is 573. The van der Waals surface area contributed by atoms with E-state index in [-0.39, 0.29) is 5.02 Å². The number of ether oxygens (including phenoxy) is 1. The SMILES string of the molecule is O=C1NC(=O)C(c2c(Cl)c(F)cc3c2CCC3)O1. The highest BCUT2D eigenvalue weighted by molar-refractivity contribution is 6.32. The maximum atomic E-state index is 13.7. The number of imide groups is 1. The van der Waals surface area contributed by atoms with Crippen molar-refractivity contribution < 1.29 is 18.7 Å². The Hall–Kier alpha value is -1.62. The Kier molecular flexibility index (Phi) is 2.52. The molecule has 4 nitrogen and oxygen atoms in total. The van der Waals surface area contributed by atoms with Crippen molar-refractivity contribution in [2.45, 2.75) is 25.4 Å². The number of carbonyl (C=O) groups is 2. The predicted molar refractivity (Wildman–Crippen MR) is 60.8 cm³/mol. The average Bonchev–Trinajstić information content (AvgIpc) is 2.87. The first-order valence-electron chi connectivity index (χ1n) is 5.59. The summed E-state index contributed by atoms with van der Waals surface area (Å²) in [5, 5.41) is 1.89. The number of rotatable bonds is 1. The van der Waals surface area contributed by atoms with Gasteiger partial charge in [0.25, 0.3) is 5.91 Å². The average molecular weight is 270 g/mol. The summed E-state index contributed by atoms with van der Waals surface area (Å²) in [4.78, 5) is 22.7. The maximum absolute atomic E-state index is 13.7. The van der Waals surface area contributed by atoms with Crippen LogP contribution in [0.2, 0.25) is 5.02 Å². The van der Waals surface area contributed by atoms with Crippen molar-refractivity contribution in [2.24, 2.45) is 0 Å². The zero-order valence-corrected chi connectivity index (χ0v) is 10.0. The van der Waals surface area contributed by atoms with E-state index in [1.807, 2.05) is 5.32 Å². The molecule has 1 heterocycles. The second kappa shape index (κ2) is 3.95. The Morgan fingerprint density at radius 2 is 2.17 bits per heavy atom. The first kappa shape index (κ1) is 11.5. The molecule has 0 bridgehead atoms. The lowest BCUT2D eigenvalue weighted by Gasteiger charge is -2.14. The van der Waals surface area contributed by atoms with Crippen molar-refractivity contribution in [3.63, 3.8) is 0 Å². The van der Waals surface area contributed by atoms with E-state index in [2.05, 4.69) is 0 Å². The fraction of sp³-hybridized carbons (Fsp3) is 0.333. The summed E-state index contributed by atoms with van der Waals surface area (Å²) in [5.74, 6) is -1.18. The quantitative estimate of drug-likeness (QED) is 0.851. The number of alkyl carbamates (subject to hydrolysis) is 1. The zero-order chi connectivity index (χ0) is 12.9.